The molecule has 0 radical (unpaired) electrons. The van der Waals surface area contributed by atoms with E-state index in [2.05, 4.69) is 20.0 Å². The number of rotatable bonds is 4. The number of anilines is 2. The summed E-state index contributed by atoms with van der Waals surface area (Å²) in [7, 11) is -3.57. The van der Waals surface area contributed by atoms with E-state index in [9.17, 15) is 8.42 Å². The van der Waals surface area contributed by atoms with Crippen molar-refractivity contribution in [2.45, 2.75) is 4.90 Å². The highest BCUT2D eigenvalue weighted by Crippen LogP contribution is 2.23. The standard InChI is InChI=1S/C19H22N6O3S/c20-14-16-1-3-18(4-2-16)29(26,27)25-7-5-23(6-8-25)17-13-19(22-21-15-17)24-9-11-28-12-10-24/h1-4,13,15H,5-12H2. The van der Waals surface area contributed by atoms with Gasteiger partial charge in [0.05, 0.1) is 41.6 Å². The van der Waals surface area contributed by atoms with E-state index in [0.717, 1.165) is 24.6 Å². The minimum absolute atomic E-state index is 0.213. The second-order valence-corrected chi connectivity index (χ2v) is 8.84. The lowest BCUT2D eigenvalue weighted by atomic mass is 10.2. The van der Waals surface area contributed by atoms with Crippen LogP contribution in [0.2, 0.25) is 0 Å². The molecular weight excluding hydrogens is 392 g/mol. The molecule has 2 saturated heterocycles. The number of ether oxygens (including phenoxy) is 1. The summed E-state index contributed by atoms with van der Waals surface area (Å²) < 4.78 is 32.6. The quantitative estimate of drug-likeness (QED) is 0.720. The van der Waals surface area contributed by atoms with E-state index in [4.69, 9.17) is 10.00 Å². The average molecular weight is 414 g/mol. The molecule has 0 bridgehead atoms. The highest BCUT2D eigenvalue weighted by atomic mass is 32.2. The maximum absolute atomic E-state index is 12.9. The molecule has 0 amide bonds. The van der Waals surface area contributed by atoms with Crippen LogP contribution in [0.5, 0.6) is 0 Å². The van der Waals surface area contributed by atoms with Crippen LogP contribution >= 0.6 is 0 Å². The van der Waals surface area contributed by atoms with Crippen molar-refractivity contribution in [2.75, 3.05) is 62.3 Å². The molecule has 3 heterocycles. The molecule has 29 heavy (non-hydrogen) atoms. The molecule has 152 valence electrons. The number of aromatic nitrogens is 2. The number of nitriles is 1. The number of sulfonamides is 1. The summed E-state index contributed by atoms with van der Waals surface area (Å²) in [5, 5.41) is 17.3. The second-order valence-electron chi connectivity index (χ2n) is 6.90. The molecule has 0 unspecified atom stereocenters. The molecule has 2 aliphatic heterocycles. The normalized spacial score (nSPS) is 18.4. The first kappa shape index (κ1) is 19.6. The summed E-state index contributed by atoms with van der Waals surface area (Å²) >= 11 is 0. The number of morpholine rings is 1. The predicted octanol–water partition coefficient (Wildman–Crippen LogP) is 0.696. The van der Waals surface area contributed by atoms with Crippen molar-refractivity contribution in [3.05, 3.63) is 42.1 Å². The van der Waals surface area contributed by atoms with Crippen LogP contribution in [0.3, 0.4) is 0 Å². The Morgan fingerprint density at radius 3 is 2.31 bits per heavy atom. The topological polar surface area (TPSA) is 103 Å². The first-order valence-corrected chi connectivity index (χ1v) is 10.9. The highest BCUT2D eigenvalue weighted by Gasteiger charge is 2.29. The van der Waals surface area contributed by atoms with Crippen LogP contribution in [0.15, 0.2) is 41.4 Å². The molecule has 4 rings (SSSR count). The van der Waals surface area contributed by atoms with Crippen LogP contribution in [-0.4, -0.2) is 75.4 Å². The Balaban J connectivity index is 1.43. The second kappa shape index (κ2) is 8.32. The molecule has 0 aliphatic carbocycles. The zero-order chi connectivity index (χ0) is 20.3. The number of nitrogens with zero attached hydrogens (tertiary/aromatic N) is 6. The van der Waals surface area contributed by atoms with E-state index >= 15 is 0 Å². The molecule has 0 saturated carbocycles. The maximum Gasteiger partial charge on any atom is 0.243 e. The van der Waals surface area contributed by atoms with Crippen molar-refractivity contribution in [3.63, 3.8) is 0 Å². The third kappa shape index (κ3) is 4.17. The lowest BCUT2D eigenvalue weighted by Crippen LogP contribution is -2.48. The smallest absolute Gasteiger partial charge is 0.243 e. The van der Waals surface area contributed by atoms with E-state index in [0.29, 0.717) is 45.0 Å². The molecule has 0 spiro atoms. The highest BCUT2D eigenvalue weighted by molar-refractivity contribution is 7.89. The fourth-order valence-corrected chi connectivity index (χ4v) is 4.92. The minimum Gasteiger partial charge on any atom is -0.378 e. The predicted molar refractivity (Wildman–Crippen MR) is 107 cm³/mol. The van der Waals surface area contributed by atoms with Crippen LogP contribution in [0.25, 0.3) is 0 Å². The van der Waals surface area contributed by atoms with Crippen molar-refractivity contribution in [1.29, 1.82) is 5.26 Å². The van der Waals surface area contributed by atoms with Gasteiger partial charge in [-0.25, -0.2) is 8.42 Å². The van der Waals surface area contributed by atoms with Crippen LogP contribution in [-0.2, 0) is 14.8 Å². The third-order valence-corrected chi connectivity index (χ3v) is 7.10. The number of benzene rings is 1. The Kier molecular flexibility index (Phi) is 5.62. The van der Waals surface area contributed by atoms with Crippen LogP contribution in [0.4, 0.5) is 11.5 Å². The number of piperazine rings is 1. The molecule has 10 heteroatoms. The Bertz CT molecular complexity index is 991. The van der Waals surface area contributed by atoms with Gasteiger partial charge in [0.2, 0.25) is 10.0 Å². The monoisotopic (exact) mass is 414 g/mol. The molecule has 1 aromatic heterocycles. The van der Waals surface area contributed by atoms with E-state index in [1.807, 2.05) is 12.1 Å². The lowest BCUT2D eigenvalue weighted by Gasteiger charge is -2.35. The van der Waals surface area contributed by atoms with Gasteiger partial charge in [-0.05, 0) is 24.3 Å². The molecule has 2 aromatic rings. The van der Waals surface area contributed by atoms with E-state index in [-0.39, 0.29) is 4.90 Å². The van der Waals surface area contributed by atoms with Crippen molar-refractivity contribution in [3.8, 4) is 6.07 Å². The van der Waals surface area contributed by atoms with Crippen molar-refractivity contribution >= 4 is 21.5 Å². The van der Waals surface area contributed by atoms with Gasteiger partial charge in [0.25, 0.3) is 0 Å². The zero-order valence-corrected chi connectivity index (χ0v) is 16.8. The molecular formula is C19H22N6O3S. The minimum atomic E-state index is -3.57. The van der Waals surface area contributed by atoms with E-state index < -0.39 is 10.0 Å². The first-order chi connectivity index (χ1) is 14.1. The maximum atomic E-state index is 12.9. The van der Waals surface area contributed by atoms with Gasteiger partial charge in [-0.15, -0.1) is 5.10 Å². The Labute approximate surface area is 170 Å². The molecule has 2 fully saturated rings. The summed E-state index contributed by atoms with van der Waals surface area (Å²) in [4.78, 5) is 4.49. The summed E-state index contributed by atoms with van der Waals surface area (Å²) in [6.07, 6.45) is 1.72. The van der Waals surface area contributed by atoms with Gasteiger partial charge in [0, 0.05) is 45.3 Å². The summed E-state index contributed by atoms with van der Waals surface area (Å²) in [6, 6.07) is 10.0. The SMILES string of the molecule is N#Cc1ccc(S(=O)(=O)N2CCN(c3cnnc(N4CCOCC4)c3)CC2)cc1. The van der Waals surface area contributed by atoms with Gasteiger partial charge >= 0.3 is 0 Å². The molecule has 0 N–H and O–H groups in total. The van der Waals surface area contributed by atoms with E-state index in [1.165, 1.54) is 28.6 Å². The van der Waals surface area contributed by atoms with Crippen molar-refractivity contribution in [2.24, 2.45) is 0 Å². The van der Waals surface area contributed by atoms with Gasteiger partial charge in [-0.2, -0.15) is 14.7 Å². The van der Waals surface area contributed by atoms with E-state index in [1.54, 1.807) is 6.20 Å². The van der Waals surface area contributed by atoms with Crippen LogP contribution < -0.4 is 9.80 Å². The Morgan fingerprint density at radius 1 is 0.966 bits per heavy atom. The van der Waals surface area contributed by atoms with Crippen LogP contribution in [0.1, 0.15) is 5.56 Å². The number of hydrogen-bond donors (Lipinski definition) is 0. The summed E-state index contributed by atoms with van der Waals surface area (Å²) in [6.45, 7) is 4.85. The number of hydrogen-bond acceptors (Lipinski definition) is 8. The summed E-state index contributed by atoms with van der Waals surface area (Å²) in [5.74, 6) is 0.818. The molecule has 0 atom stereocenters. The fourth-order valence-electron chi connectivity index (χ4n) is 3.50. The first-order valence-electron chi connectivity index (χ1n) is 9.48. The van der Waals surface area contributed by atoms with Gasteiger partial charge in [0.1, 0.15) is 0 Å². The Hall–Kier alpha value is -2.74. The van der Waals surface area contributed by atoms with Crippen molar-refractivity contribution < 1.29 is 13.2 Å². The molecule has 2 aliphatic rings. The van der Waals surface area contributed by atoms with Gasteiger partial charge < -0.3 is 14.5 Å². The molecule has 9 nitrogen and oxygen atoms in total. The largest absolute Gasteiger partial charge is 0.378 e. The zero-order valence-electron chi connectivity index (χ0n) is 15.9. The fraction of sp³-hybridized carbons (Fsp3) is 0.421. The third-order valence-electron chi connectivity index (χ3n) is 5.19. The van der Waals surface area contributed by atoms with Gasteiger partial charge in [-0.1, -0.05) is 0 Å². The Morgan fingerprint density at radius 2 is 1.66 bits per heavy atom. The van der Waals surface area contributed by atoms with Crippen molar-refractivity contribution in [1.82, 2.24) is 14.5 Å². The lowest BCUT2D eigenvalue weighted by molar-refractivity contribution is 0.122. The van der Waals surface area contributed by atoms with Crippen LogP contribution in [0, 0.1) is 11.3 Å². The van der Waals surface area contributed by atoms with Gasteiger partial charge in [0.15, 0.2) is 5.82 Å². The molecule has 1 aromatic carbocycles. The average Bonchev–Trinajstić information content (AvgIpc) is 2.80. The van der Waals surface area contributed by atoms with Gasteiger partial charge in [-0.3, -0.25) is 0 Å². The summed E-state index contributed by atoms with van der Waals surface area (Å²) in [5.41, 5.74) is 1.38.